The second-order valence-corrected chi connectivity index (χ2v) is 4.46. The predicted molar refractivity (Wildman–Crippen MR) is 63.7 cm³/mol. The number of likely N-dealkylation sites (N-methyl/N-ethyl adjacent to an activating group) is 1. The number of likely N-dealkylation sites (tertiary alicyclic amines) is 1. The van der Waals surface area contributed by atoms with Crippen LogP contribution in [0.4, 0.5) is 0 Å². The van der Waals surface area contributed by atoms with Crippen LogP contribution in [0.1, 0.15) is 34.0 Å². The first kappa shape index (κ1) is 12.6. The Labute approximate surface area is 105 Å². The first-order valence-electron chi connectivity index (χ1n) is 5.89. The van der Waals surface area contributed by atoms with Gasteiger partial charge in [-0.05, 0) is 38.6 Å². The monoisotopic (exact) mass is 252 g/mol. The molecule has 1 aromatic rings. The van der Waals surface area contributed by atoms with E-state index in [0.717, 1.165) is 19.4 Å². The summed E-state index contributed by atoms with van der Waals surface area (Å²) in [6.45, 7) is 1.60. The van der Waals surface area contributed by atoms with Crippen LogP contribution >= 0.6 is 0 Å². The molecule has 0 aliphatic carbocycles. The van der Waals surface area contributed by atoms with Crippen molar-refractivity contribution >= 4 is 11.9 Å². The van der Waals surface area contributed by atoms with Crippen molar-refractivity contribution in [3.05, 3.63) is 23.7 Å². The molecule has 1 aliphatic heterocycles. The zero-order valence-corrected chi connectivity index (χ0v) is 10.2. The second-order valence-electron chi connectivity index (χ2n) is 4.46. The Kier molecular flexibility index (Phi) is 3.66. The Morgan fingerprint density at radius 1 is 1.50 bits per heavy atom. The van der Waals surface area contributed by atoms with Crippen molar-refractivity contribution in [2.75, 3.05) is 20.1 Å². The fourth-order valence-electron chi connectivity index (χ4n) is 2.11. The Hall–Kier alpha value is -1.82. The van der Waals surface area contributed by atoms with Crippen LogP contribution in [0.5, 0.6) is 0 Å². The van der Waals surface area contributed by atoms with Crippen LogP contribution in [-0.4, -0.2) is 48.1 Å². The lowest BCUT2D eigenvalue weighted by molar-refractivity contribution is 0.0659. The molecule has 1 aliphatic rings. The molecule has 1 fully saturated rings. The van der Waals surface area contributed by atoms with Gasteiger partial charge in [-0.3, -0.25) is 4.79 Å². The number of carbonyl (C=O) groups is 2. The fourth-order valence-corrected chi connectivity index (χ4v) is 2.11. The van der Waals surface area contributed by atoms with E-state index < -0.39 is 5.97 Å². The number of amides is 1. The van der Waals surface area contributed by atoms with Crippen molar-refractivity contribution in [2.45, 2.75) is 18.9 Å². The number of carboxylic acids is 1. The van der Waals surface area contributed by atoms with Crippen molar-refractivity contribution in [1.82, 2.24) is 10.2 Å². The summed E-state index contributed by atoms with van der Waals surface area (Å²) >= 11 is 0. The predicted octanol–water partition coefficient (Wildman–Crippen LogP) is 0.802. The van der Waals surface area contributed by atoms with Gasteiger partial charge in [0, 0.05) is 12.6 Å². The number of nitrogens with zero attached hydrogens (tertiary/aromatic N) is 1. The molecule has 1 amide bonds. The molecule has 2 N–H and O–H groups in total. The maximum Gasteiger partial charge on any atom is 0.371 e. The number of rotatable bonds is 4. The molecule has 1 aromatic heterocycles. The molecule has 0 radical (unpaired) electrons. The van der Waals surface area contributed by atoms with Crippen molar-refractivity contribution in [3.8, 4) is 0 Å². The lowest BCUT2D eigenvalue weighted by Gasteiger charge is -2.19. The van der Waals surface area contributed by atoms with Crippen molar-refractivity contribution in [2.24, 2.45) is 0 Å². The maximum atomic E-state index is 11.7. The SMILES string of the molecule is CN1CCCC1CNC(=O)c1ccc(C(=O)O)o1. The van der Waals surface area contributed by atoms with Gasteiger partial charge in [0.15, 0.2) is 5.76 Å². The molecular formula is C12H16N2O4. The average Bonchev–Trinajstić information content (AvgIpc) is 2.94. The summed E-state index contributed by atoms with van der Waals surface area (Å²) in [7, 11) is 2.03. The maximum absolute atomic E-state index is 11.7. The van der Waals surface area contributed by atoms with Crippen molar-refractivity contribution in [1.29, 1.82) is 0 Å². The summed E-state index contributed by atoms with van der Waals surface area (Å²) in [6, 6.07) is 3.00. The van der Waals surface area contributed by atoms with Crippen LogP contribution in [0.3, 0.4) is 0 Å². The van der Waals surface area contributed by atoms with E-state index in [9.17, 15) is 9.59 Å². The number of hydrogen-bond donors (Lipinski definition) is 2. The summed E-state index contributed by atoms with van der Waals surface area (Å²) in [6.07, 6.45) is 2.20. The van der Waals surface area contributed by atoms with E-state index >= 15 is 0 Å². The normalized spacial score (nSPS) is 19.9. The molecule has 1 saturated heterocycles. The first-order chi connectivity index (χ1) is 8.58. The fraction of sp³-hybridized carbons (Fsp3) is 0.500. The molecule has 0 aromatic carbocycles. The Balaban J connectivity index is 1.89. The molecule has 1 atom stereocenters. The topological polar surface area (TPSA) is 82.8 Å². The molecule has 18 heavy (non-hydrogen) atoms. The third-order valence-electron chi connectivity index (χ3n) is 3.21. The molecule has 0 saturated carbocycles. The van der Waals surface area contributed by atoms with Gasteiger partial charge >= 0.3 is 5.97 Å². The van der Waals surface area contributed by atoms with E-state index in [1.807, 2.05) is 7.05 Å². The smallest absolute Gasteiger partial charge is 0.371 e. The standard InChI is InChI=1S/C12H16N2O4/c1-14-6-2-3-8(14)7-13-11(15)9-4-5-10(18-9)12(16)17/h4-5,8H,2-3,6-7H2,1H3,(H,13,15)(H,16,17). The number of carbonyl (C=O) groups excluding carboxylic acids is 1. The van der Waals surface area contributed by atoms with Gasteiger partial charge in [-0.1, -0.05) is 0 Å². The van der Waals surface area contributed by atoms with Crippen LogP contribution < -0.4 is 5.32 Å². The molecule has 0 spiro atoms. The average molecular weight is 252 g/mol. The van der Waals surface area contributed by atoms with E-state index in [4.69, 9.17) is 9.52 Å². The molecule has 6 nitrogen and oxygen atoms in total. The Morgan fingerprint density at radius 3 is 2.78 bits per heavy atom. The Bertz CT molecular complexity index is 455. The van der Waals surface area contributed by atoms with Crippen LogP contribution in [-0.2, 0) is 0 Å². The second kappa shape index (κ2) is 5.22. The highest BCUT2D eigenvalue weighted by molar-refractivity contribution is 5.93. The molecule has 98 valence electrons. The third-order valence-corrected chi connectivity index (χ3v) is 3.21. The zero-order valence-electron chi connectivity index (χ0n) is 10.2. The molecule has 0 bridgehead atoms. The molecule has 1 unspecified atom stereocenters. The van der Waals surface area contributed by atoms with E-state index in [1.54, 1.807) is 0 Å². The highest BCUT2D eigenvalue weighted by Gasteiger charge is 2.22. The zero-order chi connectivity index (χ0) is 13.1. The van der Waals surface area contributed by atoms with Gasteiger partial charge in [0.1, 0.15) is 0 Å². The number of nitrogens with one attached hydrogen (secondary N) is 1. The number of hydrogen-bond acceptors (Lipinski definition) is 4. The van der Waals surface area contributed by atoms with Gasteiger partial charge in [0.2, 0.25) is 5.76 Å². The minimum absolute atomic E-state index is 0.0352. The van der Waals surface area contributed by atoms with Gasteiger partial charge in [-0.2, -0.15) is 0 Å². The van der Waals surface area contributed by atoms with E-state index in [-0.39, 0.29) is 17.4 Å². The van der Waals surface area contributed by atoms with Crippen LogP contribution in [0, 0.1) is 0 Å². The van der Waals surface area contributed by atoms with E-state index in [0.29, 0.717) is 12.6 Å². The number of carboxylic acid groups (broad SMARTS) is 1. The van der Waals surface area contributed by atoms with Gasteiger partial charge in [-0.25, -0.2) is 4.79 Å². The number of furan rings is 1. The minimum Gasteiger partial charge on any atom is -0.475 e. The molecule has 2 heterocycles. The first-order valence-corrected chi connectivity index (χ1v) is 5.89. The van der Waals surface area contributed by atoms with E-state index in [1.165, 1.54) is 12.1 Å². The van der Waals surface area contributed by atoms with Crippen molar-refractivity contribution in [3.63, 3.8) is 0 Å². The molecule has 2 rings (SSSR count). The summed E-state index contributed by atoms with van der Waals surface area (Å²) in [5, 5.41) is 11.4. The molecular weight excluding hydrogens is 236 g/mol. The van der Waals surface area contributed by atoms with Gasteiger partial charge < -0.3 is 19.7 Å². The van der Waals surface area contributed by atoms with Crippen molar-refractivity contribution < 1.29 is 19.1 Å². The lowest BCUT2D eigenvalue weighted by Crippen LogP contribution is -2.38. The highest BCUT2D eigenvalue weighted by atomic mass is 16.4. The number of aromatic carboxylic acids is 1. The summed E-state index contributed by atoms with van der Waals surface area (Å²) in [5.41, 5.74) is 0. The van der Waals surface area contributed by atoms with Crippen LogP contribution in [0.25, 0.3) is 0 Å². The van der Waals surface area contributed by atoms with Gasteiger partial charge in [0.25, 0.3) is 5.91 Å². The Morgan fingerprint density at radius 2 is 2.22 bits per heavy atom. The quantitative estimate of drug-likeness (QED) is 0.828. The summed E-state index contributed by atoms with van der Waals surface area (Å²) in [5.74, 6) is -1.74. The third kappa shape index (κ3) is 2.70. The van der Waals surface area contributed by atoms with Gasteiger partial charge in [0.05, 0.1) is 0 Å². The van der Waals surface area contributed by atoms with Crippen LogP contribution in [0.2, 0.25) is 0 Å². The van der Waals surface area contributed by atoms with Gasteiger partial charge in [-0.15, -0.1) is 0 Å². The van der Waals surface area contributed by atoms with Crippen LogP contribution in [0.15, 0.2) is 16.5 Å². The minimum atomic E-state index is -1.18. The highest BCUT2D eigenvalue weighted by Crippen LogP contribution is 2.14. The summed E-state index contributed by atoms with van der Waals surface area (Å²) in [4.78, 5) is 24.5. The summed E-state index contributed by atoms with van der Waals surface area (Å²) < 4.78 is 4.92. The molecule has 6 heteroatoms. The van der Waals surface area contributed by atoms with E-state index in [2.05, 4.69) is 10.2 Å². The lowest BCUT2D eigenvalue weighted by atomic mass is 10.2. The largest absolute Gasteiger partial charge is 0.475 e.